The van der Waals surface area contributed by atoms with Gasteiger partial charge in [-0.25, -0.2) is 0 Å². The van der Waals surface area contributed by atoms with Gasteiger partial charge in [-0.05, 0) is 53.3 Å². The van der Waals surface area contributed by atoms with Crippen molar-refractivity contribution < 1.29 is 0 Å². The molecule has 1 aliphatic heterocycles. The number of benzene rings is 1. The van der Waals surface area contributed by atoms with Crippen molar-refractivity contribution in [1.29, 1.82) is 0 Å². The maximum Gasteiger partial charge on any atom is 0.0444 e. The molecule has 0 spiro atoms. The Balaban J connectivity index is 2.16. The topological polar surface area (TPSA) is 16.1 Å². The Morgan fingerprint density at radius 1 is 1.05 bits per heavy atom. The normalized spacial score (nSPS) is 30.8. The predicted octanol–water partition coefficient (Wildman–Crippen LogP) is 4.47. The molecule has 2 heteroatoms. The summed E-state index contributed by atoms with van der Waals surface area (Å²) in [5.74, 6) is 1.96. The fourth-order valence-electron chi connectivity index (χ4n) is 4.58. The lowest BCUT2D eigenvalue weighted by atomic mass is 9.87. The molecule has 0 bridgehead atoms. The minimum absolute atomic E-state index is 0.578. The van der Waals surface area contributed by atoms with E-state index in [9.17, 15) is 0 Å². The number of fused-ring (bicyclic) bond motifs is 6. The number of likely N-dealkylation sites (N-methyl/N-ethyl adjacent to an activating group) is 1. The SMILES string of the molecule is C[C@@H]1c2c(c3c(c4ccncc24)[C@H](C)[C@H](C)N3C)C[C@@H]1C. The number of anilines is 1. The zero-order valence-electron chi connectivity index (χ0n) is 13.6. The summed E-state index contributed by atoms with van der Waals surface area (Å²) in [6.07, 6.45) is 5.26. The van der Waals surface area contributed by atoms with Crippen LogP contribution in [0, 0.1) is 5.92 Å². The summed E-state index contributed by atoms with van der Waals surface area (Å²) >= 11 is 0. The number of aromatic nitrogens is 1. The van der Waals surface area contributed by atoms with Crippen molar-refractivity contribution in [2.24, 2.45) is 5.92 Å². The Morgan fingerprint density at radius 2 is 1.81 bits per heavy atom. The van der Waals surface area contributed by atoms with Crippen molar-refractivity contribution in [3.05, 3.63) is 35.2 Å². The molecule has 0 radical (unpaired) electrons. The fraction of sp³-hybridized carbons (Fsp3) is 0.526. The number of pyridine rings is 1. The molecule has 4 atom stereocenters. The van der Waals surface area contributed by atoms with Gasteiger partial charge in [-0.2, -0.15) is 0 Å². The molecule has 2 nitrogen and oxygen atoms in total. The van der Waals surface area contributed by atoms with E-state index in [1.165, 1.54) is 22.9 Å². The maximum absolute atomic E-state index is 4.42. The monoisotopic (exact) mass is 280 g/mol. The van der Waals surface area contributed by atoms with Gasteiger partial charge in [0.1, 0.15) is 0 Å². The van der Waals surface area contributed by atoms with Crippen LogP contribution in [0.3, 0.4) is 0 Å². The molecule has 0 saturated carbocycles. The van der Waals surface area contributed by atoms with Crippen LogP contribution in [-0.4, -0.2) is 18.1 Å². The average molecular weight is 280 g/mol. The van der Waals surface area contributed by atoms with Crippen LogP contribution < -0.4 is 4.90 Å². The summed E-state index contributed by atoms with van der Waals surface area (Å²) in [6, 6.07) is 2.81. The van der Waals surface area contributed by atoms with Gasteiger partial charge in [0, 0.05) is 42.5 Å². The van der Waals surface area contributed by atoms with Crippen molar-refractivity contribution in [2.45, 2.75) is 52.0 Å². The van der Waals surface area contributed by atoms with Crippen molar-refractivity contribution in [3.8, 4) is 0 Å². The predicted molar refractivity (Wildman–Crippen MR) is 89.3 cm³/mol. The second-order valence-electron chi connectivity index (χ2n) is 7.19. The van der Waals surface area contributed by atoms with Gasteiger partial charge in [0.25, 0.3) is 0 Å². The summed E-state index contributed by atoms with van der Waals surface area (Å²) in [6.45, 7) is 9.51. The first-order valence-electron chi connectivity index (χ1n) is 8.17. The van der Waals surface area contributed by atoms with E-state index in [0.29, 0.717) is 17.9 Å². The Bertz CT molecular complexity index is 734. The molecule has 2 aliphatic rings. The molecular formula is C19H24N2. The van der Waals surface area contributed by atoms with Crippen LogP contribution in [0.2, 0.25) is 0 Å². The van der Waals surface area contributed by atoms with Crippen LogP contribution in [0.25, 0.3) is 10.8 Å². The minimum Gasteiger partial charge on any atom is -0.371 e. The quantitative estimate of drug-likeness (QED) is 0.707. The standard InChI is InChI=1S/C19H24N2/c1-10-8-15-17(11(10)2)16-9-20-7-6-14(16)18-12(3)13(4)21(5)19(15)18/h6-7,9-13H,8H2,1-5H3/t10-,11-,12+,13-/m0/s1. The van der Waals surface area contributed by atoms with E-state index in [4.69, 9.17) is 0 Å². The molecule has 1 aromatic heterocycles. The molecule has 110 valence electrons. The van der Waals surface area contributed by atoms with E-state index in [2.05, 4.69) is 56.9 Å². The molecule has 1 aromatic carbocycles. The largest absolute Gasteiger partial charge is 0.371 e. The molecule has 0 amide bonds. The summed E-state index contributed by atoms with van der Waals surface area (Å²) in [7, 11) is 2.27. The lowest BCUT2D eigenvalue weighted by molar-refractivity contribution is 0.533. The fourth-order valence-corrected chi connectivity index (χ4v) is 4.58. The maximum atomic E-state index is 4.42. The highest BCUT2D eigenvalue weighted by Crippen LogP contribution is 2.53. The Morgan fingerprint density at radius 3 is 2.57 bits per heavy atom. The van der Waals surface area contributed by atoms with Crippen LogP contribution in [0.4, 0.5) is 5.69 Å². The van der Waals surface area contributed by atoms with Gasteiger partial charge < -0.3 is 4.90 Å². The molecule has 0 fully saturated rings. The lowest BCUT2D eigenvalue weighted by Crippen LogP contribution is -2.26. The minimum atomic E-state index is 0.578. The molecule has 4 rings (SSSR count). The second kappa shape index (κ2) is 4.22. The Hall–Kier alpha value is -1.57. The number of hydrogen-bond donors (Lipinski definition) is 0. The van der Waals surface area contributed by atoms with Crippen molar-refractivity contribution in [2.75, 3.05) is 11.9 Å². The van der Waals surface area contributed by atoms with Gasteiger partial charge in [-0.1, -0.05) is 20.8 Å². The highest BCUT2D eigenvalue weighted by Gasteiger charge is 2.39. The molecule has 0 N–H and O–H groups in total. The van der Waals surface area contributed by atoms with Gasteiger partial charge in [0.05, 0.1) is 0 Å². The highest BCUT2D eigenvalue weighted by atomic mass is 15.2. The van der Waals surface area contributed by atoms with Gasteiger partial charge >= 0.3 is 0 Å². The molecule has 1 aliphatic carbocycles. The Labute approximate surface area is 127 Å². The van der Waals surface area contributed by atoms with Crippen LogP contribution >= 0.6 is 0 Å². The van der Waals surface area contributed by atoms with Crippen LogP contribution in [0.1, 0.15) is 56.2 Å². The molecule has 0 saturated heterocycles. The van der Waals surface area contributed by atoms with E-state index < -0.39 is 0 Å². The summed E-state index contributed by atoms with van der Waals surface area (Å²) in [5, 5.41) is 2.83. The van der Waals surface area contributed by atoms with E-state index in [0.717, 1.165) is 5.92 Å². The molecule has 2 heterocycles. The van der Waals surface area contributed by atoms with Crippen LogP contribution in [0.5, 0.6) is 0 Å². The van der Waals surface area contributed by atoms with E-state index in [1.54, 1.807) is 16.7 Å². The van der Waals surface area contributed by atoms with E-state index in [1.807, 2.05) is 6.20 Å². The Kier molecular flexibility index (Phi) is 2.64. The molecule has 2 aromatic rings. The zero-order valence-corrected chi connectivity index (χ0v) is 13.6. The van der Waals surface area contributed by atoms with E-state index >= 15 is 0 Å². The van der Waals surface area contributed by atoms with Crippen molar-refractivity contribution in [3.63, 3.8) is 0 Å². The third-order valence-corrected chi connectivity index (χ3v) is 6.25. The first-order valence-corrected chi connectivity index (χ1v) is 8.17. The second-order valence-corrected chi connectivity index (χ2v) is 7.19. The average Bonchev–Trinajstić information content (AvgIpc) is 2.90. The van der Waals surface area contributed by atoms with Gasteiger partial charge in [0.2, 0.25) is 0 Å². The molecular weight excluding hydrogens is 256 g/mol. The van der Waals surface area contributed by atoms with E-state index in [-0.39, 0.29) is 0 Å². The lowest BCUT2D eigenvalue weighted by Gasteiger charge is -2.23. The third-order valence-electron chi connectivity index (χ3n) is 6.25. The number of nitrogens with zero attached hydrogens (tertiary/aromatic N) is 2. The number of hydrogen-bond acceptors (Lipinski definition) is 2. The number of rotatable bonds is 0. The highest BCUT2D eigenvalue weighted by molar-refractivity contribution is 5.97. The smallest absolute Gasteiger partial charge is 0.0444 e. The van der Waals surface area contributed by atoms with Gasteiger partial charge in [0.15, 0.2) is 0 Å². The summed E-state index contributed by atoms with van der Waals surface area (Å²) in [4.78, 5) is 6.94. The molecule has 0 unspecified atom stereocenters. The first-order chi connectivity index (χ1) is 10.0. The van der Waals surface area contributed by atoms with Gasteiger partial charge in [-0.3, -0.25) is 4.98 Å². The van der Waals surface area contributed by atoms with Crippen LogP contribution in [0.15, 0.2) is 18.5 Å². The summed E-state index contributed by atoms with van der Waals surface area (Å²) < 4.78 is 0. The zero-order chi connectivity index (χ0) is 14.9. The molecule has 21 heavy (non-hydrogen) atoms. The van der Waals surface area contributed by atoms with Crippen LogP contribution in [-0.2, 0) is 6.42 Å². The summed E-state index contributed by atoms with van der Waals surface area (Å²) in [5.41, 5.74) is 6.25. The third kappa shape index (κ3) is 1.51. The first kappa shape index (κ1) is 13.1. The van der Waals surface area contributed by atoms with Crippen molar-refractivity contribution in [1.82, 2.24) is 4.98 Å². The van der Waals surface area contributed by atoms with Crippen molar-refractivity contribution >= 4 is 16.5 Å². The van der Waals surface area contributed by atoms with Gasteiger partial charge in [-0.15, -0.1) is 0 Å².